The summed E-state index contributed by atoms with van der Waals surface area (Å²) in [5.41, 5.74) is 7.65. The number of aliphatic hydroxyl groups excluding tert-OH is 1. The second-order valence-corrected chi connectivity index (χ2v) is 13.4. The Labute approximate surface area is 317 Å². The fraction of sp³-hybridized carbons (Fsp3) is 0.293. The van der Waals surface area contributed by atoms with E-state index in [2.05, 4.69) is 15.3 Å². The molecule has 0 bridgehead atoms. The molecule has 5 aromatic rings. The minimum Gasteiger partial charge on any atom is -0.497 e. The molecule has 4 N–H and O–H groups in total. The van der Waals surface area contributed by atoms with E-state index in [1.54, 1.807) is 82.5 Å². The normalized spacial score (nSPS) is 13.9. The van der Waals surface area contributed by atoms with Gasteiger partial charge in [-0.15, -0.1) is 0 Å². The molecule has 4 aromatic carbocycles. The van der Waals surface area contributed by atoms with Gasteiger partial charge in [0.05, 0.1) is 50.3 Å². The lowest BCUT2D eigenvalue weighted by Crippen LogP contribution is -2.30. The summed E-state index contributed by atoms with van der Waals surface area (Å²) in [7, 11) is 4.67. The fourth-order valence-electron chi connectivity index (χ4n) is 6.22. The van der Waals surface area contributed by atoms with E-state index in [4.69, 9.17) is 29.4 Å². The van der Waals surface area contributed by atoms with E-state index < -0.39 is 35.0 Å². The number of benzene rings is 4. The van der Waals surface area contributed by atoms with Crippen molar-refractivity contribution < 1.29 is 42.4 Å². The molecule has 1 aromatic heterocycles. The minimum atomic E-state index is -1.18. The summed E-state index contributed by atoms with van der Waals surface area (Å²) in [5.74, 6) is 0.175. The Morgan fingerprint density at radius 3 is 2.24 bits per heavy atom. The molecule has 12 nitrogen and oxygen atoms in total. The molecule has 14 heteroatoms. The average molecular weight is 756 g/mol. The lowest BCUT2D eigenvalue weighted by atomic mass is 10.1. The van der Waals surface area contributed by atoms with Crippen LogP contribution in [0.5, 0.6) is 23.0 Å². The zero-order valence-electron chi connectivity index (χ0n) is 31.2. The second-order valence-electron chi connectivity index (χ2n) is 13.4. The first-order chi connectivity index (χ1) is 26.4. The van der Waals surface area contributed by atoms with Crippen LogP contribution < -0.4 is 30.0 Å². The zero-order chi connectivity index (χ0) is 39.3. The number of rotatable bonds is 15. The average Bonchev–Trinajstić information content (AvgIpc) is 3.49. The molecule has 0 amide bonds. The number of hydrogen-bond acceptors (Lipinski definition) is 12. The molecule has 55 heavy (non-hydrogen) atoms. The molecule has 1 unspecified atom stereocenters. The number of nitrogens with zero attached hydrogens (tertiary/aromatic N) is 3. The molecular formula is C41H43F2N5O7. The highest BCUT2D eigenvalue weighted by Gasteiger charge is 2.35. The number of nitrogens with one attached hydrogen (secondary N) is 1. The van der Waals surface area contributed by atoms with Crippen LogP contribution in [0.1, 0.15) is 59.2 Å². The monoisotopic (exact) mass is 755 g/mol. The van der Waals surface area contributed by atoms with E-state index in [0.29, 0.717) is 58.5 Å². The maximum absolute atomic E-state index is 15.0. The van der Waals surface area contributed by atoms with Crippen LogP contribution in [-0.4, -0.2) is 59.5 Å². The predicted octanol–water partition coefficient (Wildman–Crippen LogP) is 7.06. The molecule has 0 saturated heterocycles. The lowest BCUT2D eigenvalue weighted by Gasteiger charge is -2.25. The van der Waals surface area contributed by atoms with Crippen molar-refractivity contribution in [2.75, 3.05) is 33.3 Å². The number of aliphatic hydroxyl groups is 1. The molecule has 0 aliphatic carbocycles. The van der Waals surface area contributed by atoms with E-state index >= 15 is 0 Å². The summed E-state index contributed by atoms with van der Waals surface area (Å²) in [5, 5.41) is 14.8. The van der Waals surface area contributed by atoms with Crippen LogP contribution in [0.3, 0.4) is 0 Å². The third-order valence-electron chi connectivity index (χ3n) is 9.24. The van der Waals surface area contributed by atoms with Gasteiger partial charge in [0.25, 0.3) is 0 Å². The predicted molar refractivity (Wildman–Crippen MR) is 201 cm³/mol. The summed E-state index contributed by atoms with van der Waals surface area (Å²) < 4.78 is 57.9. The van der Waals surface area contributed by atoms with Crippen molar-refractivity contribution in [3.63, 3.8) is 0 Å². The molecule has 0 radical (unpaired) electrons. The third kappa shape index (κ3) is 8.78. The Kier molecular flexibility index (Phi) is 11.8. The maximum Gasteiger partial charge on any atom is 0.338 e. The number of aromatic nitrogens is 2. The number of carbonyl (C=O) groups is 1. The summed E-state index contributed by atoms with van der Waals surface area (Å²) in [6, 6.07) is 20.8. The van der Waals surface area contributed by atoms with Crippen LogP contribution in [0, 0.1) is 11.6 Å². The van der Waals surface area contributed by atoms with Gasteiger partial charge in [-0.3, -0.25) is 4.90 Å². The van der Waals surface area contributed by atoms with Gasteiger partial charge in [-0.1, -0.05) is 18.2 Å². The van der Waals surface area contributed by atoms with Crippen molar-refractivity contribution in [1.82, 2.24) is 14.9 Å². The topological polar surface area (TPSA) is 151 Å². The maximum atomic E-state index is 15.0. The first-order valence-corrected chi connectivity index (χ1v) is 17.5. The number of hydrogen-bond donors (Lipinski definition) is 3. The van der Waals surface area contributed by atoms with Gasteiger partial charge in [0.2, 0.25) is 0 Å². The van der Waals surface area contributed by atoms with E-state index in [0.717, 1.165) is 23.3 Å². The van der Waals surface area contributed by atoms with Crippen LogP contribution in [-0.2, 0) is 24.4 Å². The Balaban J connectivity index is 1.19. The Hall–Kier alpha value is -5.83. The van der Waals surface area contributed by atoms with Crippen LogP contribution in [0.15, 0.2) is 78.9 Å². The molecule has 1 aliphatic heterocycles. The van der Waals surface area contributed by atoms with Crippen LogP contribution in [0.2, 0.25) is 0 Å². The molecule has 0 spiro atoms. The van der Waals surface area contributed by atoms with Crippen LogP contribution >= 0.6 is 0 Å². The Bertz CT molecular complexity index is 2150. The number of carbonyl (C=O) groups excluding carboxylic acids is 1. The summed E-state index contributed by atoms with van der Waals surface area (Å²) in [4.78, 5) is 23.9. The molecule has 288 valence electrons. The van der Waals surface area contributed by atoms with Gasteiger partial charge < -0.3 is 39.8 Å². The van der Waals surface area contributed by atoms with Crippen molar-refractivity contribution in [2.24, 2.45) is 5.73 Å². The quantitative estimate of drug-likeness (QED) is 0.0939. The molecule has 0 saturated carbocycles. The number of fused-ring (bicyclic) bond motifs is 1. The van der Waals surface area contributed by atoms with E-state index in [1.807, 2.05) is 18.2 Å². The van der Waals surface area contributed by atoms with Crippen molar-refractivity contribution in [1.29, 1.82) is 0 Å². The highest BCUT2D eigenvalue weighted by Crippen LogP contribution is 2.40. The van der Waals surface area contributed by atoms with Gasteiger partial charge in [0.15, 0.2) is 5.82 Å². The third-order valence-corrected chi connectivity index (χ3v) is 9.24. The first-order valence-electron chi connectivity index (χ1n) is 17.5. The van der Waals surface area contributed by atoms with Crippen molar-refractivity contribution >= 4 is 17.5 Å². The van der Waals surface area contributed by atoms with Gasteiger partial charge in [0, 0.05) is 55.0 Å². The van der Waals surface area contributed by atoms with Crippen molar-refractivity contribution in [3.8, 4) is 34.4 Å². The zero-order valence-corrected chi connectivity index (χ0v) is 31.2. The molecule has 0 fully saturated rings. The largest absolute Gasteiger partial charge is 0.497 e. The van der Waals surface area contributed by atoms with E-state index in [-0.39, 0.29) is 31.3 Å². The number of anilines is 2. The van der Waals surface area contributed by atoms with E-state index in [1.165, 1.54) is 6.07 Å². The van der Waals surface area contributed by atoms with Gasteiger partial charge in [-0.05, 0) is 62.4 Å². The second kappa shape index (κ2) is 16.7. The smallest absolute Gasteiger partial charge is 0.338 e. The highest BCUT2D eigenvalue weighted by atomic mass is 19.1. The van der Waals surface area contributed by atoms with E-state index in [9.17, 15) is 18.7 Å². The molecule has 6 rings (SSSR count). The minimum absolute atomic E-state index is 0.145. The lowest BCUT2D eigenvalue weighted by molar-refractivity contribution is -0.00935. The van der Waals surface area contributed by atoms with Gasteiger partial charge in [-0.2, -0.15) is 0 Å². The SMILES string of the molecule is COc1ccc(CN2Cc3nc(-c4c(F)cccc4F)nc(Nc4ccc(C(=O)OC(C)(C)CCOc5ccc(CN)c(OC)c5)cc4)c3C2O)c(OC)c1. The Morgan fingerprint density at radius 1 is 0.909 bits per heavy atom. The number of methoxy groups -OCH3 is 3. The molecule has 1 aliphatic rings. The van der Waals surface area contributed by atoms with Crippen LogP contribution in [0.25, 0.3) is 11.4 Å². The van der Waals surface area contributed by atoms with Crippen molar-refractivity contribution in [2.45, 2.75) is 51.7 Å². The fourth-order valence-corrected chi connectivity index (χ4v) is 6.22. The number of nitrogens with two attached hydrogens (primary N) is 1. The molecule has 1 atom stereocenters. The van der Waals surface area contributed by atoms with Gasteiger partial charge in [-0.25, -0.2) is 23.5 Å². The first kappa shape index (κ1) is 38.9. The molecular weight excluding hydrogens is 712 g/mol. The number of esters is 1. The Morgan fingerprint density at radius 2 is 1.56 bits per heavy atom. The highest BCUT2D eigenvalue weighted by molar-refractivity contribution is 5.90. The summed E-state index contributed by atoms with van der Waals surface area (Å²) in [6.07, 6.45) is -0.773. The van der Waals surface area contributed by atoms with Crippen molar-refractivity contribution in [3.05, 3.63) is 118 Å². The van der Waals surface area contributed by atoms with Crippen LogP contribution in [0.4, 0.5) is 20.3 Å². The number of halogens is 2. The molecule has 2 heterocycles. The van der Waals surface area contributed by atoms with Gasteiger partial charge >= 0.3 is 5.97 Å². The standard InChI is InChI=1S/C41H43F2N5O7/c1-41(2,17-18-54-29-16-11-25(21-44)33(20-29)52-4)55-40(50)24-9-13-27(14-10-24)45-38-36-32(46-37(47-38)35-30(42)7-6-8-31(35)43)23-48(39(36)49)22-26-12-15-28(51-3)19-34(26)53-5/h6-16,19-20,39,49H,17-18,21-23,44H2,1-5H3,(H,45,46,47). The summed E-state index contributed by atoms with van der Waals surface area (Å²) >= 11 is 0. The van der Waals surface area contributed by atoms with Gasteiger partial charge in [0.1, 0.15) is 52.3 Å². The number of ether oxygens (including phenoxy) is 5. The summed E-state index contributed by atoms with van der Waals surface area (Å²) in [6.45, 7) is 4.62.